The highest BCUT2D eigenvalue weighted by Gasteiger charge is 2.41. The Balaban J connectivity index is 1.25. The minimum atomic E-state index is -0.510. The van der Waals surface area contributed by atoms with Crippen LogP contribution in [-0.4, -0.2) is 41.2 Å². The van der Waals surface area contributed by atoms with Gasteiger partial charge in [0, 0.05) is 36.3 Å². The first kappa shape index (κ1) is 20.2. The molecule has 162 valence electrons. The van der Waals surface area contributed by atoms with E-state index in [0.717, 1.165) is 62.2 Å². The van der Waals surface area contributed by atoms with Crippen molar-refractivity contribution in [2.24, 2.45) is 17.6 Å². The normalized spacial score (nSPS) is 25.2. The van der Waals surface area contributed by atoms with E-state index in [1.807, 2.05) is 12.1 Å². The molecule has 0 bridgehead atoms. The van der Waals surface area contributed by atoms with Crippen molar-refractivity contribution < 1.29 is 14.4 Å². The van der Waals surface area contributed by atoms with E-state index < -0.39 is 5.91 Å². The van der Waals surface area contributed by atoms with Gasteiger partial charge in [-0.25, -0.2) is 4.98 Å². The predicted molar refractivity (Wildman–Crippen MR) is 118 cm³/mol. The molecule has 3 fully saturated rings. The number of amides is 2. The molecule has 3 atom stereocenters. The van der Waals surface area contributed by atoms with Crippen LogP contribution in [0.3, 0.4) is 0 Å². The Morgan fingerprint density at radius 2 is 1.87 bits per heavy atom. The fourth-order valence-electron chi connectivity index (χ4n) is 5.02. The van der Waals surface area contributed by atoms with Crippen molar-refractivity contribution >= 4 is 34.8 Å². The molecular formula is C23H26N4O3S. The second kappa shape index (κ2) is 8.07. The summed E-state index contributed by atoms with van der Waals surface area (Å²) in [5, 5.41) is 3.15. The summed E-state index contributed by atoms with van der Waals surface area (Å²) in [4.78, 5) is 44.1. The average Bonchev–Trinajstić information content (AvgIpc) is 3.33. The van der Waals surface area contributed by atoms with Crippen molar-refractivity contribution in [2.45, 2.75) is 50.6 Å². The maximum Gasteiger partial charge on any atom is 0.261 e. The molecule has 3 heterocycles. The number of pyridine rings is 1. The number of hydrogen-bond donors (Lipinski definition) is 2. The maximum atomic E-state index is 12.6. The number of hydrogen-bond acceptors (Lipinski definition) is 6. The number of piperidine rings is 1. The Bertz CT molecular complexity index is 1010. The first-order valence-electron chi connectivity index (χ1n) is 11.0. The Morgan fingerprint density at radius 1 is 1.06 bits per heavy atom. The summed E-state index contributed by atoms with van der Waals surface area (Å²) in [6, 6.07) is 7.57. The number of anilines is 1. The summed E-state index contributed by atoms with van der Waals surface area (Å²) in [6.07, 6.45) is 7.78. The number of fused-ring (bicyclic) bond motifs is 1. The van der Waals surface area contributed by atoms with Crippen LogP contribution in [0.2, 0.25) is 0 Å². The van der Waals surface area contributed by atoms with Gasteiger partial charge in [0.2, 0.25) is 0 Å². The second-order valence-electron chi connectivity index (χ2n) is 8.88. The van der Waals surface area contributed by atoms with Gasteiger partial charge in [0.05, 0.1) is 9.75 Å². The number of Topliss-reactive ketones (excluding diaryl/α,β-unsaturated/α-hetero) is 1. The number of thiophene rings is 1. The zero-order valence-electron chi connectivity index (χ0n) is 17.3. The van der Waals surface area contributed by atoms with Gasteiger partial charge >= 0.3 is 0 Å². The number of nitrogens with two attached hydrogens (primary N) is 1. The lowest BCUT2D eigenvalue weighted by Gasteiger charge is -2.38. The Hall–Kier alpha value is -2.74. The van der Waals surface area contributed by atoms with E-state index in [-0.39, 0.29) is 23.7 Å². The highest BCUT2D eigenvalue weighted by Crippen LogP contribution is 2.39. The summed E-state index contributed by atoms with van der Waals surface area (Å²) in [6.45, 7) is 0.942. The average molecular weight is 439 g/mol. The van der Waals surface area contributed by atoms with Crippen LogP contribution in [0.25, 0.3) is 0 Å². The van der Waals surface area contributed by atoms with E-state index >= 15 is 0 Å². The van der Waals surface area contributed by atoms with E-state index in [4.69, 9.17) is 5.73 Å². The van der Waals surface area contributed by atoms with Gasteiger partial charge in [0.15, 0.2) is 5.78 Å². The van der Waals surface area contributed by atoms with E-state index in [9.17, 15) is 14.4 Å². The molecule has 8 heteroatoms. The van der Waals surface area contributed by atoms with Gasteiger partial charge in [-0.15, -0.1) is 11.3 Å². The highest BCUT2D eigenvalue weighted by atomic mass is 32.1. The van der Waals surface area contributed by atoms with Gasteiger partial charge in [-0.1, -0.05) is 0 Å². The lowest BCUT2D eigenvalue weighted by molar-refractivity contribution is 0.0938. The van der Waals surface area contributed by atoms with Crippen molar-refractivity contribution in [2.75, 3.05) is 11.4 Å². The van der Waals surface area contributed by atoms with Crippen LogP contribution in [0, 0.1) is 11.8 Å². The van der Waals surface area contributed by atoms with Crippen LogP contribution in [0.15, 0.2) is 30.5 Å². The van der Waals surface area contributed by atoms with E-state index in [0.29, 0.717) is 27.3 Å². The fourth-order valence-corrected chi connectivity index (χ4v) is 5.78. The number of rotatable bonds is 6. The quantitative estimate of drug-likeness (QED) is 0.675. The first-order chi connectivity index (χ1) is 15.0. The largest absolute Gasteiger partial charge is 0.365 e. The van der Waals surface area contributed by atoms with Gasteiger partial charge in [-0.3, -0.25) is 14.4 Å². The summed E-state index contributed by atoms with van der Waals surface area (Å²) in [7, 11) is 0. The number of aromatic nitrogens is 1. The van der Waals surface area contributed by atoms with Gasteiger partial charge in [0.25, 0.3) is 11.8 Å². The maximum absolute atomic E-state index is 12.6. The predicted octanol–water partition coefficient (Wildman–Crippen LogP) is 3.01. The van der Waals surface area contributed by atoms with E-state index in [2.05, 4.69) is 15.2 Å². The fraction of sp³-hybridized carbons (Fsp3) is 0.478. The minimum absolute atomic E-state index is 0.0953. The lowest BCUT2D eigenvalue weighted by atomic mass is 9.92. The third-order valence-electron chi connectivity index (χ3n) is 6.71. The molecule has 0 spiro atoms. The highest BCUT2D eigenvalue weighted by molar-refractivity contribution is 7.15. The van der Waals surface area contributed by atoms with Crippen LogP contribution < -0.4 is 16.0 Å². The van der Waals surface area contributed by atoms with Crippen LogP contribution in [-0.2, 0) is 0 Å². The topological polar surface area (TPSA) is 105 Å². The molecule has 2 aliphatic carbocycles. The zero-order valence-corrected chi connectivity index (χ0v) is 18.1. The molecule has 2 aromatic heterocycles. The molecule has 31 heavy (non-hydrogen) atoms. The number of nitrogens with one attached hydrogen (secondary N) is 1. The Labute approximate surface area is 185 Å². The van der Waals surface area contributed by atoms with Gasteiger partial charge in [-0.2, -0.15) is 0 Å². The Morgan fingerprint density at radius 3 is 2.55 bits per heavy atom. The summed E-state index contributed by atoms with van der Waals surface area (Å²) < 4.78 is 0. The molecule has 0 aromatic carbocycles. The van der Waals surface area contributed by atoms with Crippen molar-refractivity contribution in [1.29, 1.82) is 0 Å². The molecule has 3 unspecified atom stereocenters. The molecular weight excluding hydrogens is 412 g/mol. The number of ketones is 1. The lowest BCUT2D eigenvalue weighted by Crippen LogP contribution is -2.43. The minimum Gasteiger partial charge on any atom is -0.365 e. The van der Waals surface area contributed by atoms with Crippen molar-refractivity contribution in [1.82, 2.24) is 10.3 Å². The zero-order chi connectivity index (χ0) is 21.5. The molecule has 2 saturated carbocycles. The van der Waals surface area contributed by atoms with Crippen LogP contribution in [0.4, 0.5) is 5.82 Å². The smallest absolute Gasteiger partial charge is 0.261 e. The van der Waals surface area contributed by atoms with Crippen LogP contribution >= 0.6 is 11.3 Å². The molecule has 3 aliphatic rings. The molecule has 0 radical (unpaired) electrons. The SMILES string of the molecule is NC(=O)c1ccc(C(=O)NC2CC3CCCN(c4ccc(C(=O)C5CC5)cn4)C3C2)s1. The molecule has 2 amide bonds. The first-order valence-corrected chi connectivity index (χ1v) is 11.8. The number of carbonyl (C=O) groups excluding carboxylic acids is 3. The number of carbonyl (C=O) groups is 3. The molecule has 7 nitrogen and oxygen atoms in total. The van der Waals surface area contributed by atoms with Crippen LogP contribution in [0.1, 0.15) is 68.2 Å². The molecule has 1 aliphatic heterocycles. The molecule has 3 N–H and O–H groups in total. The van der Waals surface area contributed by atoms with E-state index in [1.165, 1.54) is 0 Å². The summed E-state index contributed by atoms with van der Waals surface area (Å²) in [5.74, 6) is 1.19. The summed E-state index contributed by atoms with van der Waals surface area (Å²) >= 11 is 1.13. The van der Waals surface area contributed by atoms with Crippen molar-refractivity contribution in [3.63, 3.8) is 0 Å². The van der Waals surface area contributed by atoms with Gasteiger partial charge in [0.1, 0.15) is 5.82 Å². The summed E-state index contributed by atoms with van der Waals surface area (Å²) in [5.41, 5.74) is 6.00. The monoisotopic (exact) mass is 438 g/mol. The van der Waals surface area contributed by atoms with Crippen LogP contribution in [0.5, 0.6) is 0 Å². The van der Waals surface area contributed by atoms with E-state index in [1.54, 1.807) is 18.3 Å². The standard InChI is InChI=1S/C23H26N4O3S/c24-22(29)18-6-7-19(31-18)23(30)26-16-10-14-2-1-9-27(17(14)11-16)20-8-5-15(12-25-20)21(28)13-3-4-13/h5-8,12-14,16-17H,1-4,9-11H2,(H2,24,29)(H,26,30). The van der Waals surface area contributed by atoms with Crippen molar-refractivity contribution in [3.8, 4) is 0 Å². The second-order valence-corrected chi connectivity index (χ2v) is 9.96. The Kier molecular flexibility index (Phi) is 5.25. The molecule has 2 aromatic rings. The number of primary amides is 1. The molecule has 1 saturated heterocycles. The van der Waals surface area contributed by atoms with Gasteiger partial charge in [-0.05, 0) is 68.7 Å². The van der Waals surface area contributed by atoms with Crippen molar-refractivity contribution in [3.05, 3.63) is 45.8 Å². The third kappa shape index (κ3) is 4.08. The molecule has 5 rings (SSSR count). The number of nitrogens with zero attached hydrogens (tertiary/aromatic N) is 2. The third-order valence-corrected chi connectivity index (χ3v) is 7.81. The van der Waals surface area contributed by atoms with Gasteiger partial charge < -0.3 is 16.0 Å².